The summed E-state index contributed by atoms with van der Waals surface area (Å²) in [6.45, 7) is 0. The van der Waals surface area contributed by atoms with Crippen molar-refractivity contribution in [3.05, 3.63) is 83.3 Å². The molecule has 3 heteroatoms. The van der Waals surface area contributed by atoms with Gasteiger partial charge in [-0.25, -0.2) is 0 Å². The monoisotopic (exact) mass is 263 g/mol. The minimum Gasteiger partial charge on any atom is -0.508 e. The molecule has 0 aliphatic carbocycles. The quantitative estimate of drug-likeness (QED) is 0.771. The van der Waals surface area contributed by atoms with Crippen molar-refractivity contribution in [2.45, 2.75) is 0 Å². The molecule has 0 radical (unpaired) electrons. The molecule has 1 aromatic heterocycles. The zero-order chi connectivity index (χ0) is 13.9. The molecule has 0 atom stereocenters. The average Bonchev–Trinajstić information content (AvgIpc) is 2.48. The summed E-state index contributed by atoms with van der Waals surface area (Å²) in [7, 11) is 0. The van der Waals surface area contributed by atoms with Crippen LogP contribution in [0.3, 0.4) is 0 Å². The van der Waals surface area contributed by atoms with Gasteiger partial charge in [0.2, 0.25) is 0 Å². The number of benzene rings is 2. The van der Waals surface area contributed by atoms with Crippen molar-refractivity contribution in [1.82, 2.24) is 4.57 Å². The molecule has 1 heterocycles. The van der Waals surface area contributed by atoms with Gasteiger partial charge >= 0.3 is 0 Å². The second-order valence-corrected chi connectivity index (χ2v) is 4.51. The number of para-hydroxylation sites is 1. The molecule has 3 rings (SSSR count). The number of hydrogen-bond donors (Lipinski definition) is 1. The molecule has 0 saturated carbocycles. The number of pyridine rings is 1. The lowest BCUT2D eigenvalue weighted by Gasteiger charge is -2.08. The molecule has 3 aromatic rings. The molecular weight excluding hydrogens is 250 g/mol. The van der Waals surface area contributed by atoms with Crippen molar-refractivity contribution >= 4 is 0 Å². The van der Waals surface area contributed by atoms with Gasteiger partial charge in [-0.05, 0) is 41.5 Å². The number of phenolic OH excluding ortho intramolecular Hbond substituents is 1. The van der Waals surface area contributed by atoms with Gasteiger partial charge in [-0.3, -0.25) is 9.36 Å². The lowest BCUT2D eigenvalue weighted by atomic mass is 10.1. The molecular formula is C17H13NO2. The lowest BCUT2D eigenvalue weighted by Crippen LogP contribution is -2.16. The zero-order valence-corrected chi connectivity index (χ0v) is 10.7. The first kappa shape index (κ1) is 12.2. The molecule has 0 fully saturated rings. The molecule has 20 heavy (non-hydrogen) atoms. The first-order valence-electron chi connectivity index (χ1n) is 6.31. The fraction of sp³-hybridized carbons (Fsp3) is 0. The maximum absolute atomic E-state index is 12.0. The van der Waals surface area contributed by atoms with Gasteiger partial charge in [-0.1, -0.05) is 30.3 Å². The summed E-state index contributed by atoms with van der Waals surface area (Å²) in [5.41, 5.74) is 2.48. The molecule has 0 unspecified atom stereocenters. The van der Waals surface area contributed by atoms with Crippen LogP contribution in [0.4, 0.5) is 0 Å². The van der Waals surface area contributed by atoms with Gasteiger partial charge in [-0.2, -0.15) is 0 Å². The second kappa shape index (κ2) is 5.05. The number of aromatic nitrogens is 1. The molecule has 3 nitrogen and oxygen atoms in total. The van der Waals surface area contributed by atoms with Gasteiger partial charge in [0, 0.05) is 18.0 Å². The van der Waals surface area contributed by atoms with E-state index in [2.05, 4.69) is 0 Å². The highest BCUT2D eigenvalue weighted by molar-refractivity contribution is 5.64. The molecule has 0 saturated heterocycles. The van der Waals surface area contributed by atoms with Gasteiger partial charge in [0.1, 0.15) is 5.75 Å². The zero-order valence-electron chi connectivity index (χ0n) is 10.7. The third kappa shape index (κ3) is 2.34. The molecule has 1 N–H and O–H groups in total. The van der Waals surface area contributed by atoms with Gasteiger partial charge in [0.25, 0.3) is 5.56 Å². The minimum absolute atomic E-state index is 0.0832. The van der Waals surface area contributed by atoms with Crippen molar-refractivity contribution in [1.29, 1.82) is 0 Å². The van der Waals surface area contributed by atoms with Crippen molar-refractivity contribution in [2.24, 2.45) is 0 Å². The van der Waals surface area contributed by atoms with Crippen LogP contribution in [0.1, 0.15) is 0 Å². The van der Waals surface area contributed by atoms with Crippen LogP contribution >= 0.6 is 0 Å². The topological polar surface area (TPSA) is 42.2 Å². The summed E-state index contributed by atoms with van der Waals surface area (Å²) in [5.74, 6) is 0.208. The average molecular weight is 263 g/mol. The third-order valence-corrected chi connectivity index (χ3v) is 3.12. The molecule has 0 aliphatic heterocycles. The summed E-state index contributed by atoms with van der Waals surface area (Å²) in [4.78, 5) is 12.0. The largest absolute Gasteiger partial charge is 0.508 e. The second-order valence-electron chi connectivity index (χ2n) is 4.51. The Balaban J connectivity index is 2.14. The first-order chi connectivity index (χ1) is 9.74. The Labute approximate surface area is 116 Å². The Kier molecular flexibility index (Phi) is 3.09. The highest BCUT2D eigenvalue weighted by atomic mass is 16.3. The summed E-state index contributed by atoms with van der Waals surface area (Å²) in [5, 5.41) is 9.55. The maximum atomic E-state index is 12.0. The number of rotatable bonds is 2. The fourth-order valence-electron chi connectivity index (χ4n) is 2.13. The highest BCUT2D eigenvalue weighted by Crippen LogP contribution is 2.22. The number of aromatic hydroxyl groups is 1. The van der Waals surface area contributed by atoms with E-state index in [0.717, 1.165) is 16.8 Å². The Morgan fingerprint density at radius 1 is 0.800 bits per heavy atom. The molecule has 0 amide bonds. The normalized spacial score (nSPS) is 10.4. The van der Waals surface area contributed by atoms with E-state index in [0.29, 0.717) is 0 Å². The van der Waals surface area contributed by atoms with E-state index < -0.39 is 0 Å². The standard InChI is InChI=1S/C17H13NO2/c19-16-8-4-5-13(11-16)14-9-10-17(20)18(12-14)15-6-2-1-3-7-15/h1-12,19H. The van der Waals surface area contributed by atoms with E-state index >= 15 is 0 Å². The van der Waals surface area contributed by atoms with Crippen LogP contribution in [0.5, 0.6) is 5.75 Å². The van der Waals surface area contributed by atoms with Crippen LogP contribution in [0.15, 0.2) is 77.7 Å². The SMILES string of the molecule is O=c1ccc(-c2cccc(O)c2)cn1-c1ccccc1. The molecule has 98 valence electrons. The fourth-order valence-corrected chi connectivity index (χ4v) is 2.13. The predicted octanol–water partition coefficient (Wildman–Crippen LogP) is 3.21. The summed E-state index contributed by atoms with van der Waals surface area (Å²) in [6, 6.07) is 19.7. The van der Waals surface area contributed by atoms with Crippen LogP contribution in [0.25, 0.3) is 16.8 Å². The number of phenols is 1. The van der Waals surface area contributed by atoms with Crippen LogP contribution in [-0.4, -0.2) is 9.67 Å². The molecule has 2 aromatic carbocycles. The summed E-state index contributed by atoms with van der Waals surface area (Å²) >= 11 is 0. The Morgan fingerprint density at radius 3 is 2.35 bits per heavy atom. The van der Waals surface area contributed by atoms with Crippen molar-refractivity contribution in [2.75, 3.05) is 0 Å². The predicted molar refractivity (Wildman–Crippen MR) is 79.1 cm³/mol. The van der Waals surface area contributed by atoms with E-state index in [1.807, 2.05) is 36.4 Å². The first-order valence-corrected chi connectivity index (χ1v) is 6.31. The van der Waals surface area contributed by atoms with E-state index in [-0.39, 0.29) is 11.3 Å². The van der Waals surface area contributed by atoms with Gasteiger partial charge in [-0.15, -0.1) is 0 Å². The van der Waals surface area contributed by atoms with E-state index in [9.17, 15) is 9.90 Å². The van der Waals surface area contributed by atoms with Gasteiger partial charge in [0.15, 0.2) is 0 Å². The van der Waals surface area contributed by atoms with Crippen molar-refractivity contribution in [3.63, 3.8) is 0 Å². The smallest absolute Gasteiger partial charge is 0.255 e. The van der Waals surface area contributed by atoms with E-state index in [1.165, 1.54) is 6.07 Å². The van der Waals surface area contributed by atoms with Crippen LogP contribution in [-0.2, 0) is 0 Å². The van der Waals surface area contributed by atoms with Crippen LogP contribution in [0.2, 0.25) is 0 Å². The summed E-state index contributed by atoms with van der Waals surface area (Å²) < 4.78 is 1.60. The summed E-state index contributed by atoms with van der Waals surface area (Å²) in [6.07, 6.45) is 1.78. The van der Waals surface area contributed by atoms with Crippen molar-refractivity contribution < 1.29 is 5.11 Å². The Hall–Kier alpha value is -2.81. The third-order valence-electron chi connectivity index (χ3n) is 3.12. The van der Waals surface area contributed by atoms with Gasteiger partial charge in [0.05, 0.1) is 0 Å². The highest BCUT2D eigenvalue weighted by Gasteiger charge is 2.03. The molecule has 0 spiro atoms. The Bertz CT molecular complexity index is 791. The minimum atomic E-state index is -0.0832. The van der Waals surface area contributed by atoms with Crippen LogP contribution in [0, 0.1) is 0 Å². The Morgan fingerprint density at radius 2 is 1.60 bits per heavy atom. The molecule has 0 aliphatic rings. The van der Waals surface area contributed by atoms with Crippen LogP contribution < -0.4 is 5.56 Å². The van der Waals surface area contributed by atoms with E-state index in [4.69, 9.17) is 0 Å². The lowest BCUT2D eigenvalue weighted by molar-refractivity contribution is 0.475. The number of hydrogen-bond acceptors (Lipinski definition) is 2. The van der Waals surface area contributed by atoms with E-state index in [1.54, 1.807) is 35.0 Å². The van der Waals surface area contributed by atoms with Gasteiger partial charge < -0.3 is 5.11 Å². The maximum Gasteiger partial charge on any atom is 0.255 e. The van der Waals surface area contributed by atoms with Crippen molar-refractivity contribution in [3.8, 4) is 22.6 Å². The number of nitrogens with zero attached hydrogens (tertiary/aromatic N) is 1. The molecule has 0 bridgehead atoms.